The third-order valence-electron chi connectivity index (χ3n) is 0.780. The van der Waals surface area contributed by atoms with Gasteiger partial charge in [0.05, 0.1) is 0 Å². The Morgan fingerprint density at radius 3 is 2.75 bits per heavy atom. The molecule has 0 fully saturated rings. The van der Waals surface area contributed by atoms with Crippen LogP contribution in [0.1, 0.15) is 19.3 Å². The van der Waals surface area contributed by atoms with Crippen molar-refractivity contribution in [2.75, 3.05) is 0 Å². The van der Waals surface area contributed by atoms with Crippen LogP contribution in [0.15, 0.2) is 6.08 Å². The molecule has 0 atom stereocenters. The summed E-state index contributed by atoms with van der Waals surface area (Å²) >= 11 is 0. The van der Waals surface area contributed by atoms with Gasteiger partial charge in [0.2, 0.25) is 0 Å². The van der Waals surface area contributed by atoms with Gasteiger partial charge in [0, 0.05) is 0 Å². The first-order valence-electron chi connectivity index (χ1n) is 2.60. The first-order chi connectivity index (χ1) is 3.91. The van der Waals surface area contributed by atoms with Crippen LogP contribution in [0.4, 0.5) is 0 Å². The molecule has 0 saturated carbocycles. The van der Waals surface area contributed by atoms with E-state index in [2.05, 4.69) is 0 Å². The molecule has 0 aromatic heterocycles. The summed E-state index contributed by atoms with van der Waals surface area (Å²) in [5.41, 5.74) is 0. The van der Waals surface area contributed by atoms with Gasteiger partial charge in [0.25, 0.3) is 0 Å². The monoisotopic (exact) mass is 111 g/mol. The standard InChI is InChI=1S/C6H9NO/c7-5-3-1-2-4-6-8/h4-5,7H,1-3H2. The summed E-state index contributed by atoms with van der Waals surface area (Å²) in [6.45, 7) is 0. The van der Waals surface area contributed by atoms with E-state index in [1.54, 1.807) is 5.94 Å². The number of allylic oxidation sites excluding steroid dienone is 1. The van der Waals surface area contributed by atoms with Gasteiger partial charge >= 0.3 is 0 Å². The van der Waals surface area contributed by atoms with E-state index in [-0.39, 0.29) is 0 Å². The predicted octanol–water partition coefficient (Wildman–Crippen LogP) is 1.19. The van der Waals surface area contributed by atoms with E-state index in [0.29, 0.717) is 0 Å². The Morgan fingerprint density at radius 1 is 1.50 bits per heavy atom. The lowest BCUT2D eigenvalue weighted by Crippen LogP contribution is -1.72. The van der Waals surface area contributed by atoms with Crippen LogP contribution in [0, 0.1) is 5.41 Å². The zero-order valence-corrected chi connectivity index (χ0v) is 4.68. The average Bonchev–Trinajstić information content (AvgIpc) is 1.81. The predicted molar refractivity (Wildman–Crippen MR) is 32.9 cm³/mol. The Bertz CT molecular complexity index is 103. The fourth-order valence-corrected chi connectivity index (χ4v) is 0.381. The minimum atomic E-state index is 0.749. The van der Waals surface area contributed by atoms with Gasteiger partial charge in [-0.25, -0.2) is 4.79 Å². The lowest BCUT2D eigenvalue weighted by Gasteiger charge is -1.82. The number of unbranched alkanes of at least 4 members (excludes halogenated alkanes) is 2. The van der Waals surface area contributed by atoms with Crippen molar-refractivity contribution in [2.24, 2.45) is 0 Å². The van der Waals surface area contributed by atoms with Gasteiger partial charge in [-0.1, -0.05) is 0 Å². The molecule has 0 aliphatic carbocycles. The summed E-state index contributed by atoms with van der Waals surface area (Å²) in [5.74, 6) is 1.68. The zero-order chi connectivity index (χ0) is 6.24. The molecule has 0 aromatic rings. The van der Waals surface area contributed by atoms with Crippen LogP contribution in [0.2, 0.25) is 0 Å². The van der Waals surface area contributed by atoms with E-state index in [4.69, 9.17) is 5.41 Å². The van der Waals surface area contributed by atoms with E-state index in [9.17, 15) is 4.79 Å². The Kier molecular flexibility index (Phi) is 5.45. The van der Waals surface area contributed by atoms with E-state index in [0.717, 1.165) is 19.3 Å². The van der Waals surface area contributed by atoms with Crippen molar-refractivity contribution in [3.05, 3.63) is 6.08 Å². The second-order valence-corrected chi connectivity index (χ2v) is 1.46. The molecule has 2 heteroatoms. The Hall–Kier alpha value is -0.880. The summed E-state index contributed by atoms with van der Waals surface area (Å²) in [6.07, 6.45) is 5.19. The molecule has 0 radical (unpaired) electrons. The topological polar surface area (TPSA) is 40.9 Å². The molecule has 0 aliphatic heterocycles. The second kappa shape index (κ2) is 6.12. The fraction of sp³-hybridized carbons (Fsp3) is 0.500. The highest BCUT2D eigenvalue weighted by molar-refractivity contribution is 5.52. The molecular formula is C6H9NO. The first-order valence-corrected chi connectivity index (χ1v) is 2.60. The molecule has 1 N–H and O–H groups in total. The molecule has 0 heterocycles. The van der Waals surface area contributed by atoms with Crippen LogP contribution in [0.3, 0.4) is 0 Å². The Balaban J connectivity index is 2.93. The van der Waals surface area contributed by atoms with Crippen LogP contribution < -0.4 is 0 Å². The molecule has 0 spiro atoms. The molecule has 0 amide bonds. The number of hydrogen-bond donors (Lipinski definition) is 1. The van der Waals surface area contributed by atoms with Gasteiger partial charge in [-0.05, 0) is 31.6 Å². The van der Waals surface area contributed by atoms with Crippen molar-refractivity contribution in [3.63, 3.8) is 0 Å². The third-order valence-corrected chi connectivity index (χ3v) is 0.780. The van der Waals surface area contributed by atoms with Crippen LogP contribution in [-0.4, -0.2) is 12.2 Å². The van der Waals surface area contributed by atoms with E-state index < -0.39 is 0 Å². The number of rotatable bonds is 4. The summed E-state index contributed by atoms with van der Waals surface area (Å²) in [7, 11) is 0. The SMILES string of the molecule is N=CCCCC=C=O. The van der Waals surface area contributed by atoms with E-state index in [1.165, 1.54) is 12.3 Å². The summed E-state index contributed by atoms with van der Waals surface area (Å²) in [6, 6.07) is 0. The quantitative estimate of drug-likeness (QED) is 0.330. The van der Waals surface area contributed by atoms with Crippen LogP contribution >= 0.6 is 0 Å². The Morgan fingerprint density at radius 2 is 2.25 bits per heavy atom. The maximum Gasteiger partial charge on any atom is 0.120 e. The van der Waals surface area contributed by atoms with Crippen molar-refractivity contribution in [3.8, 4) is 0 Å². The molecule has 2 nitrogen and oxygen atoms in total. The normalized spacial score (nSPS) is 7.50. The fourth-order valence-electron chi connectivity index (χ4n) is 0.381. The summed E-state index contributed by atoms with van der Waals surface area (Å²) in [4.78, 5) is 9.53. The summed E-state index contributed by atoms with van der Waals surface area (Å²) < 4.78 is 0. The third kappa shape index (κ3) is 5.12. The molecule has 0 rings (SSSR count). The molecule has 0 saturated heterocycles. The number of nitrogens with one attached hydrogen (secondary N) is 1. The zero-order valence-electron chi connectivity index (χ0n) is 4.68. The van der Waals surface area contributed by atoms with Gasteiger partial charge in [0.15, 0.2) is 0 Å². The van der Waals surface area contributed by atoms with Crippen LogP contribution in [0.25, 0.3) is 0 Å². The van der Waals surface area contributed by atoms with E-state index in [1.807, 2.05) is 0 Å². The molecule has 8 heavy (non-hydrogen) atoms. The van der Waals surface area contributed by atoms with Gasteiger partial charge in [-0.15, -0.1) is 0 Å². The molecule has 44 valence electrons. The van der Waals surface area contributed by atoms with Gasteiger partial charge in [-0.2, -0.15) is 0 Å². The molecular weight excluding hydrogens is 102 g/mol. The minimum absolute atomic E-state index is 0.749. The highest BCUT2D eigenvalue weighted by atomic mass is 16.1. The largest absolute Gasteiger partial charge is 0.313 e. The number of carbonyl (C=O) groups excluding carboxylic acids is 1. The Labute approximate surface area is 48.7 Å². The van der Waals surface area contributed by atoms with Crippen molar-refractivity contribution >= 4 is 12.2 Å². The molecule has 0 aromatic carbocycles. The van der Waals surface area contributed by atoms with Crippen LogP contribution in [0.5, 0.6) is 0 Å². The van der Waals surface area contributed by atoms with Crippen molar-refractivity contribution in [1.82, 2.24) is 0 Å². The number of hydrogen-bond acceptors (Lipinski definition) is 2. The second-order valence-electron chi connectivity index (χ2n) is 1.46. The highest BCUT2D eigenvalue weighted by Crippen LogP contribution is 1.90. The summed E-state index contributed by atoms with van der Waals surface area (Å²) in [5, 5.41) is 6.60. The highest BCUT2D eigenvalue weighted by Gasteiger charge is 1.77. The molecule has 0 unspecified atom stereocenters. The lowest BCUT2D eigenvalue weighted by atomic mass is 10.2. The average molecular weight is 111 g/mol. The van der Waals surface area contributed by atoms with Crippen molar-refractivity contribution < 1.29 is 4.79 Å². The molecule has 0 aliphatic rings. The maximum atomic E-state index is 9.53. The van der Waals surface area contributed by atoms with Gasteiger partial charge < -0.3 is 5.41 Å². The first kappa shape index (κ1) is 7.12. The smallest absolute Gasteiger partial charge is 0.120 e. The maximum absolute atomic E-state index is 9.53. The minimum Gasteiger partial charge on any atom is -0.313 e. The van der Waals surface area contributed by atoms with Gasteiger partial charge in [-0.3, -0.25) is 0 Å². The van der Waals surface area contributed by atoms with E-state index >= 15 is 0 Å². The lowest BCUT2D eigenvalue weighted by molar-refractivity contribution is 0.568. The van der Waals surface area contributed by atoms with Crippen LogP contribution in [-0.2, 0) is 4.79 Å². The van der Waals surface area contributed by atoms with Gasteiger partial charge in [0.1, 0.15) is 5.94 Å². The molecule has 0 bridgehead atoms. The van der Waals surface area contributed by atoms with Crippen molar-refractivity contribution in [2.45, 2.75) is 19.3 Å². The van der Waals surface area contributed by atoms with Crippen molar-refractivity contribution in [1.29, 1.82) is 5.41 Å².